The van der Waals surface area contributed by atoms with E-state index < -0.39 is 12.1 Å². The Hall–Kier alpha value is -2.58. The summed E-state index contributed by atoms with van der Waals surface area (Å²) in [5.74, 6) is -0.336. The van der Waals surface area contributed by atoms with E-state index in [1.807, 2.05) is 0 Å². The molecule has 1 aromatic heterocycles. The molecule has 0 bridgehead atoms. The molecule has 9 heteroatoms. The smallest absolute Gasteiger partial charge is 0.487 e. The van der Waals surface area contributed by atoms with Gasteiger partial charge in [-0.3, -0.25) is 9.48 Å². The summed E-state index contributed by atoms with van der Waals surface area (Å²) < 4.78 is 47.8. The van der Waals surface area contributed by atoms with E-state index >= 15 is 0 Å². The van der Waals surface area contributed by atoms with Crippen LogP contribution in [0.2, 0.25) is 0 Å². The van der Waals surface area contributed by atoms with Crippen LogP contribution in [0.4, 0.5) is 13.2 Å². The van der Waals surface area contributed by atoms with Gasteiger partial charge >= 0.3 is 6.36 Å². The zero-order valence-electron chi connectivity index (χ0n) is 14.3. The summed E-state index contributed by atoms with van der Waals surface area (Å²) in [6, 6.07) is 3.52. The maximum absolute atomic E-state index is 12.3. The molecule has 0 spiro atoms. The highest BCUT2D eigenvalue weighted by Crippen LogP contribution is 2.28. The topological polar surface area (TPSA) is 66.2 Å². The molecule has 6 nitrogen and oxygen atoms in total. The number of hydrogen-bond donors (Lipinski definition) is 0. The van der Waals surface area contributed by atoms with Gasteiger partial charge in [-0.2, -0.15) is 0 Å². The third-order valence-electron chi connectivity index (χ3n) is 3.55. The predicted molar refractivity (Wildman–Crippen MR) is 87.0 cm³/mol. The quantitative estimate of drug-likeness (QED) is 0.464. The molecule has 142 valence electrons. The molecule has 0 atom stereocenters. The Kier molecular flexibility index (Phi) is 6.99. The lowest BCUT2D eigenvalue weighted by molar-refractivity contribution is -0.274. The normalized spacial score (nSPS) is 11.4. The summed E-state index contributed by atoms with van der Waals surface area (Å²) in [5, 5.41) is 7.98. The van der Waals surface area contributed by atoms with Gasteiger partial charge in [-0.05, 0) is 24.6 Å². The van der Waals surface area contributed by atoms with Gasteiger partial charge in [0, 0.05) is 6.54 Å². The second kappa shape index (κ2) is 9.21. The lowest BCUT2D eigenvalue weighted by Crippen LogP contribution is -2.18. The van der Waals surface area contributed by atoms with E-state index in [4.69, 9.17) is 4.74 Å². The van der Waals surface area contributed by atoms with E-state index in [-0.39, 0.29) is 24.2 Å². The van der Waals surface area contributed by atoms with Gasteiger partial charge in [0.1, 0.15) is 23.8 Å². The number of carbonyl (C=O) groups excluding carboxylic acids is 1. The van der Waals surface area contributed by atoms with E-state index in [9.17, 15) is 18.0 Å². The van der Waals surface area contributed by atoms with E-state index in [1.54, 1.807) is 10.9 Å². The van der Waals surface area contributed by atoms with Crippen LogP contribution < -0.4 is 9.47 Å². The van der Waals surface area contributed by atoms with E-state index in [0.29, 0.717) is 5.69 Å². The van der Waals surface area contributed by atoms with Crippen LogP contribution in [0, 0.1) is 0 Å². The third kappa shape index (κ3) is 6.38. The number of benzene rings is 1. The van der Waals surface area contributed by atoms with Crippen LogP contribution in [0.3, 0.4) is 0 Å². The average molecular weight is 371 g/mol. The molecular formula is C17H20F3N3O3. The van der Waals surface area contributed by atoms with Crippen molar-refractivity contribution in [3.63, 3.8) is 0 Å². The molecule has 1 heterocycles. The van der Waals surface area contributed by atoms with Crippen molar-refractivity contribution < 1.29 is 27.4 Å². The Morgan fingerprint density at radius 2 is 2.04 bits per heavy atom. The standard InChI is InChI=1S/C17H20F3N3O3/c1-2-3-4-5-8-23-10-14(21-22-23)12-25-15-6-7-16(13(9-15)11-24)26-17(18,19)20/h6-7,9-11H,2-5,8,12H2,1H3. The minimum Gasteiger partial charge on any atom is -0.487 e. The Morgan fingerprint density at radius 3 is 2.73 bits per heavy atom. The summed E-state index contributed by atoms with van der Waals surface area (Å²) in [6.45, 7) is 3.00. The first-order valence-corrected chi connectivity index (χ1v) is 8.28. The highest BCUT2D eigenvalue weighted by Gasteiger charge is 2.32. The first-order chi connectivity index (χ1) is 12.4. The molecule has 0 aliphatic heterocycles. The molecule has 1 aromatic carbocycles. The Morgan fingerprint density at radius 1 is 1.23 bits per heavy atom. The fraction of sp³-hybridized carbons (Fsp3) is 0.471. The van der Waals surface area contributed by atoms with E-state index in [2.05, 4.69) is 22.0 Å². The van der Waals surface area contributed by atoms with Crippen LogP contribution in [0.15, 0.2) is 24.4 Å². The third-order valence-corrected chi connectivity index (χ3v) is 3.55. The lowest BCUT2D eigenvalue weighted by atomic mass is 10.2. The summed E-state index contributed by atoms with van der Waals surface area (Å²) in [6.07, 6.45) is 1.65. The monoisotopic (exact) mass is 371 g/mol. The minimum atomic E-state index is -4.87. The first kappa shape index (κ1) is 19.7. The maximum atomic E-state index is 12.3. The number of hydrogen-bond acceptors (Lipinski definition) is 5. The fourth-order valence-corrected chi connectivity index (χ4v) is 2.30. The van der Waals surface area contributed by atoms with Crippen molar-refractivity contribution in [2.24, 2.45) is 0 Å². The van der Waals surface area contributed by atoms with Crippen LogP contribution in [-0.2, 0) is 13.2 Å². The summed E-state index contributed by atoms with van der Waals surface area (Å²) >= 11 is 0. The summed E-state index contributed by atoms with van der Waals surface area (Å²) in [5.41, 5.74) is 0.336. The number of carbonyl (C=O) groups is 1. The molecule has 2 aromatic rings. The number of unbranched alkanes of at least 4 members (excludes halogenated alkanes) is 3. The number of alkyl halides is 3. The SMILES string of the molecule is CCCCCCn1cc(COc2ccc(OC(F)(F)F)c(C=O)c2)nn1. The largest absolute Gasteiger partial charge is 0.573 e. The number of aromatic nitrogens is 3. The van der Waals surface area contributed by atoms with Gasteiger partial charge in [0.25, 0.3) is 0 Å². The molecule has 26 heavy (non-hydrogen) atoms. The molecular weight excluding hydrogens is 351 g/mol. The van der Waals surface area contributed by atoms with Crippen LogP contribution in [0.25, 0.3) is 0 Å². The molecule has 0 amide bonds. The molecule has 0 saturated carbocycles. The number of halogens is 3. The van der Waals surface area contributed by atoms with Gasteiger partial charge < -0.3 is 9.47 Å². The van der Waals surface area contributed by atoms with E-state index in [1.165, 1.54) is 18.6 Å². The number of aryl methyl sites for hydroxylation is 1. The second-order valence-electron chi connectivity index (χ2n) is 5.69. The molecule has 0 fully saturated rings. The van der Waals surface area contributed by atoms with Crippen molar-refractivity contribution in [3.05, 3.63) is 35.7 Å². The number of aldehydes is 1. The zero-order chi connectivity index (χ0) is 19.0. The number of ether oxygens (including phenoxy) is 2. The van der Waals surface area contributed by atoms with Gasteiger partial charge in [-0.1, -0.05) is 31.4 Å². The minimum absolute atomic E-state index is 0.0900. The first-order valence-electron chi connectivity index (χ1n) is 8.28. The summed E-state index contributed by atoms with van der Waals surface area (Å²) in [7, 11) is 0. The van der Waals surface area contributed by atoms with Gasteiger partial charge in [0.2, 0.25) is 0 Å². The molecule has 0 N–H and O–H groups in total. The zero-order valence-corrected chi connectivity index (χ0v) is 14.3. The van der Waals surface area contributed by atoms with Crippen LogP contribution in [0.5, 0.6) is 11.5 Å². The number of nitrogens with zero attached hydrogens (tertiary/aromatic N) is 3. The van der Waals surface area contributed by atoms with Gasteiger partial charge in [-0.25, -0.2) is 0 Å². The molecule has 0 radical (unpaired) electrons. The van der Waals surface area contributed by atoms with Gasteiger partial charge in [0.15, 0.2) is 6.29 Å². The van der Waals surface area contributed by atoms with E-state index in [0.717, 1.165) is 31.9 Å². The Bertz CT molecular complexity index is 717. The van der Waals surface area contributed by atoms with Gasteiger partial charge in [-0.15, -0.1) is 18.3 Å². The molecule has 2 rings (SSSR count). The molecule has 0 saturated heterocycles. The van der Waals surface area contributed by atoms with Crippen molar-refractivity contribution in [2.45, 2.75) is 52.1 Å². The predicted octanol–water partition coefficient (Wildman–Crippen LogP) is 4.15. The molecule has 0 aliphatic rings. The van der Waals surface area contributed by atoms with Crippen molar-refractivity contribution in [1.82, 2.24) is 15.0 Å². The second-order valence-corrected chi connectivity index (χ2v) is 5.69. The van der Waals surface area contributed by atoms with Gasteiger partial charge in [0.05, 0.1) is 11.8 Å². The van der Waals surface area contributed by atoms with Crippen molar-refractivity contribution in [2.75, 3.05) is 0 Å². The molecule has 0 aliphatic carbocycles. The number of rotatable bonds is 10. The maximum Gasteiger partial charge on any atom is 0.573 e. The molecule has 0 unspecified atom stereocenters. The van der Waals surface area contributed by atoms with Crippen LogP contribution in [-0.4, -0.2) is 27.6 Å². The Balaban J connectivity index is 1.91. The summed E-state index contributed by atoms with van der Waals surface area (Å²) in [4.78, 5) is 11.0. The fourth-order valence-electron chi connectivity index (χ4n) is 2.30. The van der Waals surface area contributed by atoms with Crippen LogP contribution >= 0.6 is 0 Å². The van der Waals surface area contributed by atoms with Crippen LogP contribution in [0.1, 0.15) is 48.7 Å². The lowest BCUT2D eigenvalue weighted by Gasteiger charge is -2.12. The highest BCUT2D eigenvalue weighted by molar-refractivity contribution is 5.80. The van der Waals surface area contributed by atoms with Crippen molar-refractivity contribution >= 4 is 6.29 Å². The highest BCUT2D eigenvalue weighted by atomic mass is 19.4. The van der Waals surface area contributed by atoms with Crippen molar-refractivity contribution in [1.29, 1.82) is 0 Å². The Labute approximate surface area is 148 Å². The van der Waals surface area contributed by atoms with Crippen molar-refractivity contribution in [3.8, 4) is 11.5 Å². The average Bonchev–Trinajstić information content (AvgIpc) is 3.04.